The molecule has 0 bridgehead atoms. The highest BCUT2D eigenvalue weighted by atomic mass is 16.5. The van der Waals surface area contributed by atoms with Crippen LogP contribution in [0.1, 0.15) is 38.8 Å². The number of ketones is 1. The predicted octanol–water partition coefficient (Wildman–Crippen LogP) is 3.81. The first-order valence-corrected chi connectivity index (χ1v) is 8.87. The number of aromatic hydroxyl groups is 1. The average Bonchev–Trinajstić information content (AvgIpc) is 2.73. The first-order chi connectivity index (χ1) is 13.6. The molecule has 1 heterocycles. The summed E-state index contributed by atoms with van der Waals surface area (Å²) in [6.45, 7) is 2.38. The van der Waals surface area contributed by atoms with E-state index >= 15 is 0 Å². The van der Waals surface area contributed by atoms with E-state index in [1.165, 1.54) is 24.4 Å². The normalized spacial score (nSPS) is 10.3. The van der Waals surface area contributed by atoms with Crippen molar-refractivity contribution in [3.05, 3.63) is 89.1 Å². The number of rotatable bonds is 7. The summed E-state index contributed by atoms with van der Waals surface area (Å²) in [5, 5.41) is 13.0. The molecule has 0 aliphatic carbocycles. The number of hydrogen-bond acceptors (Lipinski definition) is 6. The summed E-state index contributed by atoms with van der Waals surface area (Å²) in [7, 11) is 0. The standard InChI is InChI=1S/C22H20N2O4/c1-2-28-22(27)18-12-16(20(26)17-10-6-7-11-19(17)25)14-24-21(18)23-13-15-8-4-3-5-9-15/h3-12,14,25H,2,13H2,1H3,(H,23,24). The number of phenolic OH excluding ortho intramolecular Hbond substituents is 1. The Morgan fingerprint density at radius 1 is 1.04 bits per heavy atom. The molecule has 3 aromatic rings. The summed E-state index contributed by atoms with van der Waals surface area (Å²) in [4.78, 5) is 29.4. The maximum Gasteiger partial charge on any atom is 0.341 e. The van der Waals surface area contributed by atoms with Crippen LogP contribution in [0.15, 0.2) is 66.9 Å². The third-order valence-corrected chi connectivity index (χ3v) is 4.10. The molecule has 0 saturated carbocycles. The fourth-order valence-electron chi connectivity index (χ4n) is 2.70. The maximum atomic E-state index is 12.7. The van der Waals surface area contributed by atoms with Crippen LogP contribution in [-0.4, -0.2) is 28.4 Å². The van der Waals surface area contributed by atoms with Gasteiger partial charge in [0.1, 0.15) is 17.1 Å². The van der Waals surface area contributed by atoms with Crippen LogP contribution in [0.2, 0.25) is 0 Å². The number of carbonyl (C=O) groups is 2. The van der Waals surface area contributed by atoms with E-state index in [2.05, 4.69) is 10.3 Å². The van der Waals surface area contributed by atoms with Gasteiger partial charge in [0, 0.05) is 18.3 Å². The second-order valence-corrected chi connectivity index (χ2v) is 6.03. The number of pyridine rings is 1. The van der Waals surface area contributed by atoms with Gasteiger partial charge in [-0.25, -0.2) is 9.78 Å². The number of ether oxygens (including phenoxy) is 1. The monoisotopic (exact) mass is 376 g/mol. The SMILES string of the molecule is CCOC(=O)c1cc(C(=O)c2ccccc2O)cnc1NCc1ccccc1. The lowest BCUT2D eigenvalue weighted by molar-refractivity contribution is 0.0527. The first kappa shape index (κ1) is 19.1. The minimum Gasteiger partial charge on any atom is -0.507 e. The Labute approximate surface area is 162 Å². The number of benzene rings is 2. The van der Waals surface area contributed by atoms with Crippen LogP contribution >= 0.6 is 0 Å². The van der Waals surface area contributed by atoms with Gasteiger partial charge >= 0.3 is 5.97 Å². The topological polar surface area (TPSA) is 88.5 Å². The number of nitrogens with zero attached hydrogens (tertiary/aromatic N) is 1. The van der Waals surface area contributed by atoms with E-state index in [-0.39, 0.29) is 29.0 Å². The van der Waals surface area contributed by atoms with Gasteiger partial charge in [0.05, 0.1) is 12.2 Å². The summed E-state index contributed by atoms with van der Waals surface area (Å²) in [5.74, 6) is -0.796. The molecule has 0 radical (unpaired) electrons. The number of nitrogens with one attached hydrogen (secondary N) is 1. The van der Waals surface area contributed by atoms with Crippen LogP contribution in [0.25, 0.3) is 0 Å². The quantitative estimate of drug-likeness (QED) is 0.482. The van der Waals surface area contributed by atoms with Gasteiger partial charge in [-0.1, -0.05) is 42.5 Å². The van der Waals surface area contributed by atoms with Crippen LogP contribution in [0.4, 0.5) is 5.82 Å². The zero-order valence-corrected chi connectivity index (χ0v) is 15.4. The van der Waals surface area contributed by atoms with Crippen molar-refractivity contribution in [3.63, 3.8) is 0 Å². The highest BCUT2D eigenvalue weighted by molar-refractivity contribution is 6.11. The molecule has 0 aliphatic rings. The molecule has 2 N–H and O–H groups in total. The van der Waals surface area contributed by atoms with E-state index in [4.69, 9.17) is 4.74 Å². The van der Waals surface area contributed by atoms with Gasteiger partial charge in [-0.3, -0.25) is 4.79 Å². The van der Waals surface area contributed by atoms with Crippen molar-refractivity contribution in [2.75, 3.05) is 11.9 Å². The Morgan fingerprint density at radius 3 is 2.46 bits per heavy atom. The minimum atomic E-state index is -0.572. The summed E-state index contributed by atoms with van der Waals surface area (Å²) in [6.07, 6.45) is 1.38. The third kappa shape index (κ3) is 4.35. The molecule has 0 aliphatic heterocycles. The molecule has 2 aromatic carbocycles. The molecule has 0 atom stereocenters. The van der Waals surface area contributed by atoms with Gasteiger partial charge < -0.3 is 15.2 Å². The van der Waals surface area contributed by atoms with E-state index in [0.717, 1.165) is 5.56 Å². The highest BCUT2D eigenvalue weighted by Gasteiger charge is 2.20. The number of hydrogen-bond donors (Lipinski definition) is 2. The molecule has 3 rings (SSSR count). The highest BCUT2D eigenvalue weighted by Crippen LogP contribution is 2.23. The van der Waals surface area contributed by atoms with Gasteiger partial charge in [0.15, 0.2) is 5.78 Å². The van der Waals surface area contributed by atoms with E-state index in [9.17, 15) is 14.7 Å². The zero-order valence-electron chi connectivity index (χ0n) is 15.4. The fraction of sp³-hybridized carbons (Fsp3) is 0.136. The van der Waals surface area contributed by atoms with Gasteiger partial charge in [0.2, 0.25) is 0 Å². The minimum absolute atomic E-state index is 0.128. The van der Waals surface area contributed by atoms with E-state index < -0.39 is 11.8 Å². The Balaban J connectivity index is 1.91. The van der Waals surface area contributed by atoms with Crippen molar-refractivity contribution in [2.45, 2.75) is 13.5 Å². The lowest BCUT2D eigenvalue weighted by Crippen LogP contribution is -2.13. The Bertz CT molecular complexity index is 987. The second kappa shape index (κ2) is 8.81. The Hall–Kier alpha value is -3.67. The third-order valence-electron chi connectivity index (χ3n) is 4.10. The number of aromatic nitrogens is 1. The van der Waals surface area contributed by atoms with Gasteiger partial charge in [-0.05, 0) is 30.7 Å². The predicted molar refractivity (Wildman–Crippen MR) is 106 cm³/mol. The lowest BCUT2D eigenvalue weighted by Gasteiger charge is -2.12. The van der Waals surface area contributed by atoms with Crippen molar-refractivity contribution in [3.8, 4) is 5.75 Å². The molecule has 0 amide bonds. The lowest BCUT2D eigenvalue weighted by atomic mass is 10.0. The summed E-state index contributed by atoms with van der Waals surface area (Å²) in [5.41, 5.74) is 1.52. The summed E-state index contributed by atoms with van der Waals surface area (Å²) in [6, 6.07) is 17.3. The van der Waals surface area contributed by atoms with Gasteiger partial charge in [-0.2, -0.15) is 0 Å². The largest absolute Gasteiger partial charge is 0.507 e. The smallest absolute Gasteiger partial charge is 0.341 e. The van der Waals surface area contributed by atoms with Gasteiger partial charge in [0.25, 0.3) is 0 Å². The van der Waals surface area contributed by atoms with E-state index in [1.54, 1.807) is 19.1 Å². The number of carbonyl (C=O) groups excluding carboxylic acids is 2. The number of esters is 1. The number of anilines is 1. The van der Waals surface area contributed by atoms with E-state index in [0.29, 0.717) is 12.4 Å². The fourth-order valence-corrected chi connectivity index (χ4v) is 2.70. The van der Waals surface area contributed by atoms with Crippen molar-refractivity contribution < 1.29 is 19.4 Å². The molecular weight excluding hydrogens is 356 g/mol. The number of para-hydroxylation sites is 1. The van der Waals surface area contributed by atoms with Crippen LogP contribution < -0.4 is 5.32 Å². The first-order valence-electron chi connectivity index (χ1n) is 8.87. The van der Waals surface area contributed by atoms with Crippen LogP contribution in [0.5, 0.6) is 5.75 Å². The molecule has 0 fully saturated rings. The number of phenols is 1. The van der Waals surface area contributed by atoms with Crippen molar-refractivity contribution in [2.24, 2.45) is 0 Å². The summed E-state index contributed by atoms with van der Waals surface area (Å²) < 4.78 is 5.11. The van der Waals surface area contributed by atoms with Crippen LogP contribution in [0.3, 0.4) is 0 Å². The summed E-state index contributed by atoms with van der Waals surface area (Å²) >= 11 is 0. The van der Waals surface area contributed by atoms with Crippen LogP contribution in [0, 0.1) is 0 Å². The Morgan fingerprint density at radius 2 is 1.75 bits per heavy atom. The van der Waals surface area contributed by atoms with Gasteiger partial charge in [-0.15, -0.1) is 0 Å². The van der Waals surface area contributed by atoms with Crippen LogP contribution in [-0.2, 0) is 11.3 Å². The molecule has 6 nitrogen and oxygen atoms in total. The molecule has 28 heavy (non-hydrogen) atoms. The molecule has 1 aromatic heterocycles. The van der Waals surface area contributed by atoms with Crippen molar-refractivity contribution >= 4 is 17.6 Å². The van der Waals surface area contributed by atoms with Crippen molar-refractivity contribution in [1.29, 1.82) is 0 Å². The molecule has 6 heteroatoms. The van der Waals surface area contributed by atoms with E-state index in [1.807, 2.05) is 30.3 Å². The average molecular weight is 376 g/mol. The molecule has 142 valence electrons. The molecule has 0 saturated heterocycles. The molecule has 0 spiro atoms. The second-order valence-electron chi connectivity index (χ2n) is 6.03. The zero-order chi connectivity index (χ0) is 19.9. The maximum absolute atomic E-state index is 12.7. The molecular formula is C22H20N2O4. The molecule has 0 unspecified atom stereocenters. The van der Waals surface area contributed by atoms with Crippen molar-refractivity contribution in [1.82, 2.24) is 4.98 Å². The Kier molecular flexibility index (Phi) is 6.01.